The Morgan fingerprint density at radius 2 is 1.91 bits per heavy atom. The molecule has 7 heteroatoms. The highest BCUT2D eigenvalue weighted by atomic mass is 32.2. The third-order valence-electron chi connectivity index (χ3n) is 3.64. The van der Waals surface area contributed by atoms with E-state index in [1.807, 2.05) is 0 Å². The van der Waals surface area contributed by atoms with Gasteiger partial charge in [0, 0.05) is 12.2 Å². The Labute approximate surface area is 132 Å². The van der Waals surface area contributed by atoms with E-state index in [-0.39, 0.29) is 17.7 Å². The largest absolute Gasteiger partial charge is 0.417 e. The van der Waals surface area contributed by atoms with Crippen LogP contribution in [-0.4, -0.2) is 22.7 Å². The van der Waals surface area contributed by atoms with Crippen LogP contribution in [0.5, 0.6) is 0 Å². The minimum Gasteiger partial charge on any atom is -0.353 e. The standard InChI is InChI=1S/C15H19F3N2OS/c16-15(17,18)11-7-8-14(19-9-11)22-10-13(21)20-12-5-3-1-2-4-6-12/h7-9,12H,1-6,10H2,(H,20,21). The number of carbonyl (C=O) groups excluding carboxylic acids is 1. The Balaban J connectivity index is 1.78. The first-order valence-corrected chi connectivity index (χ1v) is 8.39. The lowest BCUT2D eigenvalue weighted by Gasteiger charge is -2.15. The number of thioether (sulfide) groups is 1. The highest BCUT2D eigenvalue weighted by molar-refractivity contribution is 7.99. The van der Waals surface area contributed by atoms with Crippen molar-refractivity contribution < 1.29 is 18.0 Å². The summed E-state index contributed by atoms with van der Waals surface area (Å²) in [6.45, 7) is 0. The van der Waals surface area contributed by atoms with Crippen molar-refractivity contribution in [3.63, 3.8) is 0 Å². The van der Waals surface area contributed by atoms with Gasteiger partial charge in [-0.3, -0.25) is 4.79 Å². The van der Waals surface area contributed by atoms with Crippen molar-refractivity contribution in [3.8, 4) is 0 Å². The van der Waals surface area contributed by atoms with Crippen molar-refractivity contribution in [2.24, 2.45) is 0 Å². The molecule has 0 aliphatic heterocycles. The van der Waals surface area contributed by atoms with Gasteiger partial charge in [-0.1, -0.05) is 37.4 Å². The van der Waals surface area contributed by atoms with E-state index in [4.69, 9.17) is 0 Å². The molecule has 1 aliphatic carbocycles. The zero-order valence-electron chi connectivity index (χ0n) is 12.2. The Kier molecular flexibility index (Phi) is 6.11. The number of hydrogen-bond donors (Lipinski definition) is 1. The molecule has 0 unspecified atom stereocenters. The second-order valence-corrected chi connectivity index (χ2v) is 6.42. The van der Waals surface area contributed by atoms with E-state index < -0.39 is 11.7 Å². The molecule has 1 amide bonds. The number of amides is 1. The summed E-state index contributed by atoms with van der Waals surface area (Å²) in [6, 6.07) is 2.52. The van der Waals surface area contributed by atoms with Crippen LogP contribution in [0.1, 0.15) is 44.1 Å². The van der Waals surface area contributed by atoms with Crippen LogP contribution in [0.4, 0.5) is 13.2 Å². The van der Waals surface area contributed by atoms with E-state index in [1.54, 1.807) is 0 Å². The van der Waals surface area contributed by atoms with E-state index in [0.717, 1.165) is 49.7 Å². The summed E-state index contributed by atoms with van der Waals surface area (Å²) in [6.07, 6.45) is 3.15. The maximum Gasteiger partial charge on any atom is 0.417 e. The Bertz CT molecular complexity index is 483. The number of alkyl halides is 3. The van der Waals surface area contributed by atoms with E-state index in [1.165, 1.54) is 18.9 Å². The smallest absolute Gasteiger partial charge is 0.353 e. The number of carbonyl (C=O) groups is 1. The maximum absolute atomic E-state index is 12.4. The third kappa shape index (κ3) is 5.51. The Hall–Kier alpha value is -1.24. The number of pyridine rings is 1. The van der Waals surface area contributed by atoms with Gasteiger partial charge in [-0.25, -0.2) is 4.98 Å². The Morgan fingerprint density at radius 1 is 1.23 bits per heavy atom. The van der Waals surface area contributed by atoms with E-state index >= 15 is 0 Å². The molecule has 122 valence electrons. The molecule has 0 bridgehead atoms. The van der Waals surface area contributed by atoms with Gasteiger partial charge in [-0.15, -0.1) is 0 Å². The van der Waals surface area contributed by atoms with Crippen LogP contribution in [0.25, 0.3) is 0 Å². The van der Waals surface area contributed by atoms with Gasteiger partial charge in [-0.2, -0.15) is 13.2 Å². The topological polar surface area (TPSA) is 42.0 Å². The average molecular weight is 332 g/mol. The van der Waals surface area contributed by atoms with Gasteiger partial charge in [0.15, 0.2) is 0 Å². The first-order valence-electron chi connectivity index (χ1n) is 7.40. The van der Waals surface area contributed by atoms with Crippen molar-refractivity contribution in [3.05, 3.63) is 23.9 Å². The van der Waals surface area contributed by atoms with Crippen molar-refractivity contribution in [1.29, 1.82) is 0 Å². The number of hydrogen-bond acceptors (Lipinski definition) is 3. The average Bonchev–Trinajstić information content (AvgIpc) is 2.73. The van der Waals surface area contributed by atoms with Crippen LogP contribution >= 0.6 is 11.8 Å². The van der Waals surface area contributed by atoms with Crippen LogP contribution in [0, 0.1) is 0 Å². The van der Waals surface area contributed by atoms with E-state index in [9.17, 15) is 18.0 Å². The predicted octanol–water partition coefficient (Wildman–Crippen LogP) is 4.03. The van der Waals surface area contributed by atoms with Crippen LogP contribution in [0.2, 0.25) is 0 Å². The lowest BCUT2D eigenvalue weighted by Crippen LogP contribution is -2.35. The summed E-state index contributed by atoms with van der Waals surface area (Å²) >= 11 is 1.15. The second kappa shape index (κ2) is 7.85. The molecule has 0 spiro atoms. The fourth-order valence-corrected chi connectivity index (χ4v) is 3.12. The van der Waals surface area contributed by atoms with Gasteiger partial charge < -0.3 is 5.32 Å². The number of nitrogens with one attached hydrogen (secondary N) is 1. The Morgan fingerprint density at radius 3 is 2.45 bits per heavy atom. The van der Waals surface area contributed by atoms with Gasteiger partial charge in [-0.05, 0) is 25.0 Å². The maximum atomic E-state index is 12.4. The molecule has 2 rings (SSSR count). The molecule has 1 aromatic heterocycles. The molecule has 1 heterocycles. The third-order valence-corrected chi connectivity index (χ3v) is 4.58. The molecule has 1 aliphatic rings. The number of aromatic nitrogens is 1. The molecule has 3 nitrogen and oxygen atoms in total. The molecule has 1 fully saturated rings. The highest BCUT2D eigenvalue weighted by Crippen LogP contribution is 2.29. The van der Waals surface area contributed by atoms with Gasteiger partial charge in [0.25, 0.3) is 0 Å². The molecule has 0 saturated heterocycles. The van der Waals surface area contributed by atoms with Crippen molar-refractivity contribution >= 4 is 17.7 Å². The summed E-state index contributed by atoms with van der Waals surface area (Å²) in [5.41, 5.74) is -0.778. The summed E-state index contributed by atoms with van der Waals surface area (Å²) in [5, 5.41) is 3.42. The SMILES string of the molecule is O=C(CSc1ccc(C(F)(F)F)cn1)NC1CCCCCC1. The second-order valence-electron chi connectivity index (χ2n) is 5.43. The molecule has 0 aromatic carbocycles. The molecule has 0 atom stereocenters. The van der Waals surface area contributed by atoms with Gasteiger partial charge in [0.1, 0.15) is 0 Å². The number of halogens is 3. The minimum absolute atomic E-state index is 0.0846. The van der Waals surface area contributed by atoms with Crippen LogP contribution in [0.15, 0.2) is 23.4 Å². The molecular weight excluding hydrogens is 313 g/mol. The zero-order valence-corrected chi connectivity index (χ0v) is 13.0. The first kappa shape index (κ1) is 17.1. The predicted molar refractivity (Wildman–Crippen MR) is 79.6 cm³/mol. The molecule has 1 N–H and O–H groups in total. The van der Waals surface area contributed by atoms with Gasteiger partial charge >= 0.3 is 6.18 Å². The molecule has 1 saturated carbocycles. The summed E-state index contributed by atoms with van der Waals surface area (Å²) in [5.74, 6) is 0.0908. The number of rotatable bonds is 4. The number of nitrogens with zero attached hydrogens (tertiary/aromatic N) is 1. The van der Waals surface area contributed by atoms with E-state index in [2.05, 4.69) is 10.3 Å². The quantitative estimate of drug-likeness (QED) is 0.668. The lowest BCUT2D eigenvalue weighted by atomic mass is 10.1. The lowest BCUT2D eigenvalue weighted by molar-refractivity contribution is -0.137. The van der Waals surface area contributed by atoms with Crippen molar-refractivity contribution in [2.45, 2.75) is 55.8 Å². The first-order chi connectivity index (χ1) is 10.4. The normalized spacial score (nSPS) is 17.0. The fraction of sp³-hybridized carbons (Fsp3) is 0.600. The van der Waals surface area contributed by atoms with Gasteiger partial charge in [0.05, 0.1) is 16.3 Å². The molecule has 1 aromatic rings. The molecule has 0 radical (unpaired) electrons. The fourth-order valence-electron chi connectivity index (χ4n) is 2.47. The zero-order chi connectivity index (χ0) is 16.0. The van der Waals surface area contributed by atoms with Crippen LogP contribution in [-0.2, 0) is 11.0 Å². The van der Waals surface area contributed by atoms with Gasteiger partial charge in [0.2, 0.25) is 5.91 Å². The van der Waals surface area contributed by atoms with Crippen LogP contribution < -0.4 is 5.32 Å². The summed E-state index contributed by atoms with van der Waals surface area (Å²) in [4.78, 5) is 15.6. The minimum atomic E-state index is -4.38. The molecular formula is C15H19F3N2OS. The monoisotopic (exact) mass is 332 g/mol. The van der Waals surface area contributed by atoms with Crippen molar-refractivity contribution in [1.82, 2.24) is 10.3 Å². The summed E-state index contributed by atoms with van der Waals surface area (Å²) < 4.78 is 37.2. The van der Waals surface area contributed by atoms with E-state index in [0.29, 0.717) is 5.03 Å². The molecule has 22 heavy (non-hydrogen) atoms. The van der Waals surface area contributed by atoms with Crippen molar-refractivity contribution in [2.75, 3.05) is 5.75 Å². The summed E-state index contributed by atoms with van der Waals surface area (Å²) in [7, 11) is 0. The van der Waals surface area contributed by atoms with Crippen LogP contribution in [0.3, 0.4) is 0 Å². The highest BCUT2D eigenvalue weighted by Gasteiger charge is 2.30.